The van der Waals surface area contributed by atoms with Crippen molar-refractivity contribution in [2.24, 2.45) is 0 Å². The third kappa shape index (κ3) is 2.83. The predicted octanol–water partition coefficient (Wildman–Crippen LogP) is 5.22. The first-order valence-electron chi connectivity index (χ1n) is 6.99. The Bertz CT molecular complexity index is 584. The molecule has 0 N–H and O–H groups in total. The van der Waals surface area contributed by atoms with Crippen molar-refractivity contribution in [3.63, 3.8) is 0 Å². The molecule has 0 aliphatic carbocycles. The summed E-state index contributed by atoms with van der Waals surface area (Å²) in [5.41, 5.74) is 4.89. The molecule has 1 nitrogen and oxygen atoms in total. The van der Waals surface area contributed by atoms with E-state index in [2.05, 4.69) is 67.4 Å². The molecule has 0 amide bonds. The van der Waals surface area contributed by atoms with Crippen molar-refractivity contribution in [1.29, 1.82) is 0 Å². The third-order valence-electron chi connectivity index (χ3n) is 3.43. The van der Waals surface area contributed by atoms with E-state index in [1.807, 2.05) is 18.2 Å². The van der Waals surface area contributed by atoms with E-state index in [4.69, 9.17) is 0 Å². The van der Waals surface area contributed by atoms with Crippen LogP contribution in [0.15, 0.2) is 67.8 Å². The summed E-state index contributed by atoms with van der Waals surface area (Å²) in [6, 6.07) is 16.8. The van der Waals surface area contributed by atoms with Crippen LogP contribution in [0.3, 0.4) is 0 Å². The van der Waals surface area contributed by atoms with Crippen molar-refractivity contribution < 1.29 is 0 Å². The SMILES string of the molecule is C=CCN(c1ccccc1)c1cccc(CC)c1C=C. The van der Waals surface area contributed by atoms with Crippen molar-refractivity contribution in [2.45, 2.75) is 13.3 Å². The summed E-state index contributed by atoms with van der Waals surface area (Å²) >= 11 is 0. The van der Waals surface area contributed by atoms with E-state index in [0.29, 0.717) is 0 Å². The van der Waals surface area contributed by atoms with Gasteiger partial charge in [0, 0.05) is 23.5 Å². The van der Waals surface area contributed by atoms with Crippen LogP contribution in [-0.4, -0.2) is 6.54 Å². The summed E-state index contributed by atoms with van der Waals surface area (Å²) in [4.78, 5) is 2.27. The monoisotopic (exact) mass is 263 g/mol. The molecule has 102 valence electrons. The first-order chi connectivity index (χ1) is 9.81. The highest BCUT2D eigenvalue weighted by Crippen LogP contribution is 2.31. The topological polar surface area (TPSA) is 3.24 Å². The lowest BCUT2D eigenvalue weighted by molar-refractivity contribution is 1.07. The molecule has 0 radical (unpaired) electrons. The third-order valence-corrected chi connectivity index (χ3v) is 3.43. The number of hydrogen-bond acceptors (Lipinski definition) is 1. The molecule has 20 heavy (non-hydrogen) atoms. The van der Waals surface area contributed by atoms with Crippen LogP contribution in [0.1, 0.15) is 18.1 Å². The van der Waals surface area contributed by atoms with Crippen molar-refractivity contribution in [3.8, 4) is 0 Å². The van der Waals surface area contributed by atoms with Gasteiger partial charge in [0.05, 0.1) is 0 Å². The van der Waals surface area contributed by atoms with Gasteiger partial charge in [-0.2, -0.15) is 0 Å². The highest BCUT2D eigenvalue weighted by molar-refractivity contribution is 5.75. The van der Waals surface area contributed by atoms with Gasteiger partial charge in [-0.05, 0) is 30.2 Å². The molecule has 2 aromatic rings. The molecular formula is C19H21N. The smallest absolute Gasteiger partial charge is 0.0489 e. The van der Waals surface area contributed by atoms with E-state index in [1.54, 1.807) is 0 Å². The summed E-state index contributed by atoms with van der Waals surface area (Å²) in [6.45, 7) is 10.8. The normalized spacial score (nSPS) is 10.1. The number of benzene rings is 2. The zero-order chi connectivity index (χ0) is 14.4. The fraction of sp³-hybridized carbons (Fsp3) is 0.158. The van der Waals surface area contributed by atoms with Gasteiger partial charge in [-0.3, -0.25) is 0 Å². The van der Waals surface area contributed by atoms with Crippen LogP contribution in [0.2, 0.25) is 0 Å². The van der Waals surface area contributed by atoms with Gasteiger partial charge >= 0.3 is 0 Å². The fourth-order valence-electron chi connectivity index (χ4n) is 2.46. The second-order valence-corrected chi connectivity index (χ2v) is 4.64. The molecule has 0 unspecified atom stereocenters. The van der Waals surface area contributed by atoms with E-state index < -0.39 is 0 Å². The van der Waals surface area contributed by atoms with Crippen LogP contribution in [0, 0.1) is 0 Å². The lowest BCUT2D eigenvalue weighted by atomic mass is 10.0. The number of anilines is 2. The van der Waals surface area contributed by atoms with Gasteiger partial charge in [0.1, 0.15) is 0 Å². The quantitative estimate of drug-likeness (QED) is 0.646. The summed E-state index contributed by atoms with van der Waals surface area (Å²) in [5, 5.41) is 0. The Kier molecular flexibility index (Phi) is 4.78. The molecule has 0 saturated heterocycles. The van der Waals surface area contributed by atoms with Crippen LogP contribution in [0.25, 0.3) is 6.08 Å². The van der Waals surface area contributed by atoms with Gasteiger partial charge in [-0.25, -0.2) is 0 Å². The second-order valence-electron chi connectivity index (χ2n) is 4.64. The Hall–Kier alpha value is -2.28. The molecule has 0 aromatic heterocycles. The Morgan fingerprint density at radius 2 is 1.75 bits per heavy atom. The van der Waals surface area contributed by atoms with Gasteiger partial charge in [0.25, 0.3) is 0 Å². The molecule has 0 fully saturated rings. The summed E-state index contributed by atoms with van der Waals surface area (Å²) < 4.78 is 0. The Morgan fingerprint density at radius 3 is 2.35 bits per heavy atom. The Labute approximate surface area is 121 Å². The average Bonchev–Trinajstić information content (AvgIpc) is 2.52. The van der Waals surface area contributed by atoms with Crippen molar-refractivity contribution in [1.82, 2.24) is 0 Å². The standard InChI is InChI=1S/C19H21N/c1-4-15-20(17-12-8-7-9-13-17)19-14-10-11-16(5-2)18(19)6-3/h4,6-14H,1,3,5,15H2,2H3. The maximum absolute atomic E-state index is 3.98. The Morgan fingerprint density at radius 1 is 1.00 bits per heavy atom. The molecule has 0 aliphatic rings. The second kappa shape index (κ2) is 6.76. The van der Waals surface area contributed by atoms with E-state index in [1.165, 1.54) is 22.5 Å². The minimum absolute atomic E-state index is 0.776. The van der Waals surface area contributed by atoms with Crippen LogP contribution in [-0.2, 0) is 6.42 Å². The van der Waals surface area contributed by atoms with Crippen molar-refractivity contribution in [3.05, 3.63) is 78.9 Å². The van der Waals surface area contributed by atoms with Crippen LogP contribution < -0.4 is 4.90 Å². The van der Waals surface area contributed by atoms with Crippen molar-refractivity contribution in [2.75, 3.05) is 11.4 Å². The lowest BCUT2D eigenvalue weighted by Gasteiger charge is -2.26. The van der Waals surface area contributed by atoms with Gasteiger partial charge in [-0.1, -0.05) is 56.0 Å². The van der Waals surface area contributed by atoms with E-state index in [0.717, 1.165) is 13.0 Å². The zero-order valence-electron chi connectivity index (χ0n) is 12.0. The highest BCUT2D eigenvalue weighted by Gasteiger charge is 2.12. The minimum Gasteiger partial charge on any atom is -0.337 e. The van der Waals surface area contributed by atoms with Crippen LogP contribution in [0.5, 0.6) is 0 Å². The molecule has 0 heterocycles. The molecule has 0 spiro atoms. The molecule has 2 rings (SSSR count). The van der Waals surface area contributed by atoms with Gasteiger partial charge < -0.3 is 4.90 Å². The van der Waals surface area contributed by atoms with Crippen molar-refractivity contribution >= 4 is 17.5 Å². The molecule has 0 aliphatic heterocycles. The summed E-state index contributed by atoms with van der Waals surface area (Å²) in [7, 11) is 0. The maximum Gasteiger partial charge on any atom is 0.0489 e. The first-order valence-corrected chi connectivity index (χ1v) is 6.99. The average molecular weight is 263 g/mol. The minimum atomic E-state index is 0.776. The number of nitrogens with zero attached hydrogens (tertiary/aromatic N) is 1. The Balaban J connectivity index is 2.55. The number of hydrogen-bond donors (Lipinski definition) is 0. The van der Waals surface area contributed by atoms with Gasteiger partial charge in [0.15, 0.2) is 0 Å². The lowest BCUT2D eigenvalue weighted by Crippen LogP contribution is -2.18. The van der Waals surface area contributed by atoms with Crippen LogP contribution >= 0.6 is 0 Å². The summed E-state index contributed by atoms with van der Waals surface area (Å²) in [6.07, 6.45) is 4.89. The predicted molar refractivity (Wildman–Crippen MR) is 89.6 cm³/mol. The first kappa shape index (κ1) is 14.1. The summed E-state index contributed by atoms with van der Waals surface area (Å²) in [5.74, 6) is 0. The molecular weight excluding hydrogens is 242 g/mol. The highest BCUT2D eigenvalue weighted by atomic mass is 15.1. The molecule has 2 aromatic carbocycles. The number of aryl methyl sites for hydroxylation is 1. The molecule has 0 atom stereocenters. The van der Waals surface area contributed by atoms with E-state index in [-0.39, 0.29) is 0 Å². The van der Waals surface area contributed by atoms with Gasteiger partial charge in [0.2, 0.25) is 0 Å². The number of para-hydroxylation sites is 1. The maximum atomic E-state index is 3.98. The number of rotatable bonds is 6. The molecule has 1 heteroatoms. The van der Waals surface area contributed by atoms with E-state index >= 15 is 0 Å². The molecule has 0 bridgehead atoms. The zero-order valence-corrected chi connectivity index (χ0v) is 12.0. The largest absolute Gasteiger partial charge is 0.337 e. The molecule has 0 saturated carbocycles. The fourth-order valence-corrected chi connectivity index (χ4v) is 2.46. The van der Waals surface area contributed by atoms with Gasteiger partial charge in [-0.15, -0.1) is 6.58 Å². The van der Waals surface area contributed by atoms with Crippen LogP contribution in [0.4, 0.5) is 11.4 Å². The van der Waals surface area contributed by atoms with E-state index in [9.17, 15) is 0 Å².